The smallest absolute Gasteiger partial charge is 0.329 e. The highest BCUT2D eigenvalue weighted by Crippen LogP contribution is 2.04. The maximum Gasteiger partial charge on any atom is 0.329 e. The Kier molecular flexibility index (Phi) is 12.4. The zero-order valence-corrected chi connectivity index (χ0v) is 14.4. The molecule has 0 aromatic heterocycles. The molecule has 4 N–H and O–H groups in total. The molecule has 0 aliphatic rings. The van der Waals surface area contributed by atoms with Gasteiger partial charge in [-0.3, -0.25) is 0 Å². The molecule has 0 heterocycles. The van der Waals surface area contributed by atoms with Gasteiger partial charge in [0.2, 0.25) is 0 Å². The third-order valence-corrected chi connectivity index (χ3v) is 4.05. The number of aliphatic hydroxyl groups is 1. The number of hydrogen-bond donors (Lipinski definition) is 4. The summed E-state index contributed by atoms with van der Waals surface area (Å²) < 4.78 is 15.5. The summed E-state index contributed by atoms with van der Waals surface area (Å²) in [5, 5.41) is 12.9. The minimum atomic E-state index is -2.96. The first kappa shape index (κ1) is 20.9. The molecule has 0 saturated carbocycles. The predicted molar refractivity (Wildman–Crippen MR) is 82.5 cm³/mol. The summed E-state index contributed by atoms with van der Waals surface area (Å²) in [7, 11) is -1.33. The number of ether oxygens (including phenoxy) is 3. The highest BCUT2D eigenvalue weighted by atomic mass is 28.4. The van der Waals surface area contributed by atoms with Crippen LogP contribution in [0.3, 0.4) is 0 Å². The summed E-state index contributed by atoms with van der Waals surface area (Å²) in [4.78, 5) is 18.5. The lowest BCUT2D eigenvalue weighted by atomic mass is 10.3. The fraction of sp³-hybridized carbons (Fsp3) is 1.00. The Morgan fingerprint density at radius 1 is 1.10 bits per heavy atom. The van der Waals surface area contributed by atoms with Gasteiger partial charge in [-0.1, -0.05) is 0 Å². The Hall–Kier alpha value is -0.0631. The van der Waals surface area contributed by atoms with Gasteiger partial charge in [0.25, 0.3) is 0 Å². The van der Waals surface area contributed by atoms with Gasteiger partial charge >= 0.3 is 8.56 Å². The summed E-state index contributed by atoms with van der Waals surface area (Å²) in [5.41, 5.74) is 0. The Morgan fingerprint density at radius 3 is 2.38 bits per heavy atom. The van der Waals surface area contributed by atoms with Crippen molar-refractivity contribution in [2.75, 3.05) is 46.7 Å². The Bertz CT molecular complexity index is 239. The van der Waals surface area contributed by atoms with Crippen molar-refractivity contribution in [2.24, 2.45) is 0 Å². The SMILES string of the molecule is COCCOCC(C)NCC(O)COCCC[Si](C)(O)O. The minimum Gasteiger partial charge on any atom is -0.411 e. The molecule has 0 aromatic rings. The van der Waals surface area contributed by atoms with Gasteiger partial charge in [-0.2, -0.15) is 0 Å². The first-order valence-electron chi connectivity index (χ1n) is 7.35. The monoisotopic (exact) mass is 325 g/mol. The van der Waals surface area contributed by atoms with E-state index < -0.39 is 14.7 Å². The van der Waals surface area contributed by atoms with Crippen LogP contribution in [0.5, 0.6) is 0 Å². The van der Waals surface area contributed by atoms with E-state index in [1.165, 1.54) is 6.55 Å². The molecule has 7 nitrogen and oxygen atoms in total. The van der Waals surface area contributed by atoms with Crippen LogP contribution in [0.4, 0.5) is 0 Å². The van der Waals surface area contributed by atoms with Crippen molar-refractivity contribution in [1.29, 1.82) is 0 Å². The van der Waals surface area contributed by atoms with Gasteiger partial charge < -0.3 is 34.2 Å². The molecule has 0 aromatic carbocycles. The van der Waals surface area contributed by atoms with Gasteiger partial charge in [0.05, 0.1) is 32.5 Å². The first-order valence-corrected chi connectivity index (χ1v) is 9.96. The zero-order valence-electron chi connectivity index (χ0n) is 13.4. The lowest BCUT2D eigenvalue weighted by molar-refractivity contribution is 0.0301. The van der Waals surface area contributed by atoms with E-state index in [1.807, 2.05) is 6.92 Å². The molecule has 0 aliphatic carbocycles. The zero-order chi connectivity index (χ0) is 16.1. The molecule has 0 amide bonds. The predicted octanol–water partition coefficient (Wildman–Crippen LogP) is -0.548. The van der Waals surface area contributed by atoms with Crippen molar-refractivity contribution in [3.05, 3.63) is 0 Å². The van der Waals surface area contributed by atoms with Crippen LogP contribution < -0.4 is 5.32 Å². The maximum absolute atomic E-state index is 9.73. The molecule has 8 heteroatoms. The molecule has 0 fully saturated rings. The molecule has 0 radical (unpaired) electrons. The minimum absolute atomic E-state index is 0.145. The molecule has 128 valence electrons. The van der Waals surface area contributed by atoms with Crippen LogP contribution >= 0.6 is 0 Å². The topological polar surface area (TPSA) is 100 Å². The lowest BCUT2D eigenvalue weighted by Crippen LogP contribution is -2.38. The van der Waals surface area contributed by atoms with Crippen molar-refractivity contribution in [1.82, 2.24) is 5.32 Å². The lowest BCUT2D eigenvalue weighted by Gasteiger charge is -2.17. The number of rotatable bonds is 14. The fourth-order valence-electron chi connectivity index (χ4n) is 1.59. The second kappa shape index (κ2) is 12.5. The molecule has 2 atom stereocenters. The van der Waals surface area contributed by atoms with Crippen molar-refractivity contribution in [3.8, 4) is 0 Å². The van der Waals surface area contributed by atoms with Crippen LogP contribution in [0, 0.1) is 0 Å². The van der Waals surface area contributed by atoms with Crippen LogP contribution in [0.25, 0.3) is 0 Å². The summed E-state index contributed by atoms with van der Waals surface area (Å²) >= 11 is 0. The van der Waals surface area contributed by atoms with Gasteiger partial charge in [-0.15, -0.1) is 0 Å². The van der Waals surface area contributed by atoms with Gasteiger partial charge in [-0.05, 0) is 25.9 Å². The Labute approximate surface area is 128 Å². The van der Waals surface area contributed by atoms with Crippen LogP contribution in [0.2, 0.25) is 12.6 Å². The highest BCUT2D eigenvalue weighted by molar-refractivity contribution is 6.63. The molecular formula is C13H31NO6Si. The van der Waals surface area contributed by atoms with E-state index >= 15 is 0 Å². The number of nitrogens with one attached hydrogen (secondary N) is 1. The summed E-state index contributed by atoms with van der Waals surface area (Å²) in [6, 6.07) is 0.531. The van der Waals surface area contributed by atoms with E-state index in [-0.39, 0.29) is 12.6 Å². The van der Waals surface area contributed by atoms with Gasteiger partial charge in [0.15, 0.2) is 0 Å². The second-order valence-corrected chi connectivity index (χ2v) is 8.36. The number of aliphatic hydroxyl groups excluding tert-OH is 1. The highest BCUT2D eigenvalue weighted by Gasteiger charge is 2.20. The molecule has 0 rings (SSSR count). The third kappa shape index (κ3) is 16.1. The van der Waals surface area contributed by atoms with E-state index in [0.717, 1.165) is 0 Å². The second-order valence-electron chi connectivity index (χ2n) is 5.43. The Morgan fingerprint density at radius 2 is 1.76 bits per heavy atom. The van der Waals surface area contributed by atoms with E-state index in [1.54, 1.807) is 7.11 Å². The van der Waals surface area contributed by atoms with E-state index in [4.69, 9.17) is 14.2 Å². The molecular weight excluding hydrogens is 294 g/mol. The quantitative estimate of drug-likeness (QED) is 0.251. The van der Waals surface area contributed by atoms with Crippen molar-refractivity contribution >= 4 is 8.56 Å². The number of methoxy groups -OCH3 is 1. The maximum atomic E-state index is 9.73. The average Bonchev–Trinajstić information content (AvgIpc) is 2.39. The van der Waals surface area contributed by atoms with Crippen LogP contribution in [0.1, 0.15) is 13.3 Å². The van der Waals surface area contributed by atoms with Crippen molar-refractivity contribution < 1.29 is 28.9 Å². The van der Waals surface area contributed by atoms with Crippen LogP contribution in [0.15, 0.2) is 0 Å². The fourth-order valence-corrected chi connectivity index (χ4v) is 2.40. The Balaban J connectivity index is 3.42. The molecule has 0 spiro atoms. The molecule has 0 aliphatic heterocycles. The van der Waals surface area contributed by atoms with Gasteiger partial charge in [0, 0.05) is 26.3 Å². The van der Waals surface area contributed by atoms with E-state index in [9.17, 15) is 14.7 Å². The molecule has 21 heavy (non-hydrogen) atoms. The first-order chi connectivity index (χ1) is 9.85. The molecule has 2 unspecified atom stereocenters. The molecule has 0 saturated heterocycles. The van der Waals surface area contributed by atoms with Crippen LogP contribution in [-0.4, -0.2) is 82.1 Å². The normalized spacial score (nSPS) is 15.1. The average molecular weight is 325 g/mol. The van der Waals surface area contributed by atoms with E-state index in [2.05, 4.69) is 5.32 Å². The van der Waals surface area contributed by atoms with Gasteiger partial charge in [-0.25, -0.2) is 0 Å². The van der Waals surface area contributed by atoms with Crippen molar-refractivity contribution in [3.63, 3.8) is 0 Å². The third-order valence-electron chi connectivity index (χ3n) is 2.75. The van der Waals surface area contributed by atoms with Crippen LogP contribution in [-0.2, 0) is 14.2 Å². The number of hydrogen-bond acceptors (Lipinski definition) is 7. The molecule has 0 bridgehead atoms. The van der Waals surface area contributed by atoms with E-state index in [0.29, 0.717) is 45.4 Å². The summed E-state index contributed by atoms with van der Waals surface area (Å²) in [6.07, 6.45) is 0.0119. The van der Waals surface area contributed by atoms with Crippen molar-refractivity contribution in [2.45, 2.75) is 38.1 Å². The summed E-state index contributed by atoms with van der Waals surface area (Å²) in [6.45, 7) is 6.25. The summed E-state index contributed by atoms with van der Waals surface area (Å²) in [5.74, 6) is 0. The largest absolute Gasteiger partial charge is 0.411 e. The van der Waals surface area contributed by atoms with Gasteiger partial charge in [0.1, 0.15) is 0 Å². The standard InChI is InChI=1S/C13H31NO6Si/c1-12(10-20-7-6-18-2)14-9-13(15)11-19-5-4-8-21(3,16)17/h12-17H,4-11H2,1-3H3.